The van der Waals surface area contributed by atoms with Crippen molar-refractivity contribution in [1.29, 1.82) is 0 Å². The number of benzene rings is 1. The zero-order valence-electron chi connectivity index (χ0n) is 13.4. The van der Waals surface area contributed by atoms with E-state index in [9.17, 15) is 13.2 Å². The summed E-state index contributed by atoms with van der Waals surface area (Å²) in [4.78, 5) is 16.8. The third-order valence-corrected chi connectivity index (χ3v) is 5.63. The largest absolute Gasteiger partial charge is 0.367 e. The van der Waals surface area contributed by atoms with Crippen LogP contribution in [0, 0.1) is 0 Å². The van der Waals surface area contributed by atoms with E-state index in [1.54, 1.807) is 29.2 Å². The van der Waals surface area contributed by atoms with E-state index in [2.05, 4.69) is 9.71 Å². The molecule has 1 aromatic heterocycles. The molecule has 2 aromatic rings. The van der Waals surface area contributed by atoms with Crippen molar-refractivity contribution < 1.29 is 13.2 Å². The van der Waals surface area contributed by atoms with Crippen LogP contribution in [0.15, 0.2) is 47.6 Å². The van der Waals surface area contributed by atoms with Crippen LogP contribution >= 0.6 is 0 Å². The Bertz CT molecular complexity index is 783. The SMILES string of the molecule is O=C1CCCCN1c1ccc(S(=O)(=O)NCCc2cc[nH]c2)cc1. The maximum atomic E-state index is 12.3. The number of H-pyrrole nitrogens is 1. The van der Waals surface area contributed by atoms with Crippen LogP contribution in [-0.4, -0.2) is 32.4 Å². The third-order valence-electron chi connectivity index (χ3n) is 4.15. The predicted octanol–water partition coefficient (Wildman–Crippen LogP) is 2.05. The van der Waals surface area contributed by atoms with Crippen LogP contribution in [-0.2, 0) is 21.2 Å². The third kappa shape index (κ3) is 3.85. The molecule has 1 fully saturated rings. The van der Waals surface area contributed by atoms with E-state index >= 15 is 0 Å². The van der Waals surface area contributed by atoms with Gasteiger partial charge in [-0.3, -0.25) is 4.79 Å². The summed E-state index contributed by atoms with van der Waals surface area (Å²) >= 11 is 0. The Morgan fingerprint density at radius 3 is 2.58 bits per heavy atom. The molecule has 0 unspecified atom stereocenters. The average Bonchev–Trinajstić information content (AvgIpc) is 3.09. The van der Waals surface area contributed by atoms with E-state index in [0.29, 0.717) is 25.9 Å². The molecular formula is C17H21N3O3S. The number of aromatic amines is 1. The molecule has 2 N–H and O–H groups in total. The number of amides is 1. The molecule has 3 rings (SSSR count). The molecule has 0 bridgehead atoms. The van der Waals surface area contributed by atoms with Gasteiger partial charge < -0.3 is 9.88 Å². The fourth-order valence-corrected chi connectivity index (χ4v) is 3.84. The number of nitrogens with zero attached hydrogens (tertiary/aromatic N) is 1. The van der Waals surface area contributed by atoms with Gasteiger partial charge in [-0.15, -0.1) is 0 Å². The Morgan fingerprint density at radius 1 is 1.12 bits per heavy atom. The number of sulfonamides is 1. The normalized spacial score (nSPS) is 15.7. The van der Waals surface area contributed by atoms with Crippen molar-refractivity contribution in [2.24, 2.45) is 0 Å². The first-order valence-corrected chi connectivity index (χ1v) is 9.56. The quantitative estimate of drug-likeness (QED) is 0.839. The lowest BCUT2D eigenvalue weighted by Crippen LogP contribution is -2.35. The molecular weight excluding hydrogens is 326 g/mol. The number of rotatable bonds is 6. The van der Waals surface area contributed by atoms with Crippen molar-refractivity contribution in [2.45, 2.75) is 30.6 Å². The number of carbonyl (C=O) groups is 1. The smallest absolute Gasteiger partial charge is 0.240 e. The molecule has 7 heteroatoms. The van der Waals surface area contributed by atoms with Crippen LogP contribution < -0.4 is 9.62 Å². The maximum absolute atomic E-state index is 12.3. The molecule has 0 spiro atoms. The molecule has 1 aliphatic heterocycles. The summed E-state index contributed by atoms with van der Waals surface area (Å²) in [5.41, 5.74) is 1.81. The van der Waals surface area contributed by atoms with Crippen molar-refractivity contribution in [3.05, 3.63) is 48.3 Å². The van der Waals surface area contributed by atoms with Crippen LogP contribution in [0.4, 0.5) is 5.69 Å². The minimum Gasteiger partial charge on any atom is -0.367 e. The standard InChI is InChI=1S/C17H21N3O3S/c21-17-3-1-2-12-20(17)15-4-6-16(7-5-15)24(22,23)19-11-9-14-8-10-18-13-14/h4-8,10,13,18-19H,1-3,9,11-12H2. The summed E-state index contributed by atoms with van der Waals surface area (Å²) in [7, 11) is -3.54. The number of hydrogen-bond acceptors (Lipinski definition) is 3. The van der Waals surface area contributed by atoms with Gasteiger partial charge in [0.1, 0.15) is 0 Å². The Labute approximate surface area is 141 Å². The van der Waals surface area contributed by atoms with Crippen molar-refractivity contribution >= 4 is 21.6 Å². The molecule has 6 nitrogen and oxygen atoms in total. The van der Waals surface area contributed by atoms with E-state index in [1.807, 2.05) is 18.5 Å². The summed E-state index contributed by atoms with van der Waals surface area (Å²) in [6.07, 6.45) is 6.74. The van der Waals surface area contributed by atoms with Crippen LogP contribution in [0.1, 0.15) is 24.8 Å². The lowest BCUT2D eigenvalue weighted by Gasteiger charge is -2.26. The Kier molecular flexibility index (Phi) is 5.01. The maximum Gasteiger partial charge on any atom is 0.240 e. The number of piperidine rings is 1. The van der Waals surface area contributed by atoms with Crippen molar-refractivity contribution in [3.63, 3.8) is 0 Å². The second-order valence-corrected chi connectivity index (χ2v) is 7.63. The van der Waals surface area contributed by atoms with Crippen LogP contribution in [0.3, 0.4) is 0 Å². The zero-order valence-corrected chi connectivity index (χ0v) is 14.2. The van der Waals surface area contributed by atoms with Gasteiger partial charge in [0.05, 0.1) is 4.90 Å². The first-order valence-electron chi connectivity index (χ1n) is 8.08. The van der Waals surface area contributed by atoms with Crippen molar-refractivity contribution in [3.8, 4) is 0 Å². The molecule has 0 aliphatic carbocycles. The van der Waals surface area contributed by atoms with Gasteiger partial charge in [0, 0.05) is 37.6 Å². The molecule has 0 radical (unpaired) electrons. The second-order valence-electron chi connectivity index (χ2n) is 5.86. The summed E-state index contributed by atoms with van der Waals surface area (Å²) in [5.74, 6) is 0.0986. The minimum atomic E-state index is -3.54. The molecule has 0 saturated carbocycles. The Balaban J connectivity index is 1.64. The molecule has 0 atom stereocenters. The van der Waals surface area contributed by atoms with Gasteiger partial charge in [-0.1, -0.05) is 0 Å². The van der Waals surface area contributed by atoms with Gasteiger partial charge in [0.15, 0.2) is 0 Å². The van der Waals surface area contributed by atoms with Gasteiger partial charge in [-0.2, -0.15) is 0 Å². The van der Waals surface area contributed by atoms with Crippen molar-refractivity contribution in [2.75, 3.05) is 18.0 Å². The molecule has 1 amide bonds. The molecule has 2 heterocycles. The van der Waals surface area contributed by atoms with Gasteiger partial charge in [0.25, 0.3) is 0 Å². The lowest BCUT2D eigenvalue weighted by molar-refractivity contribution is -0.119. The number of carbonyl (C=O) groups excluding carboxylic acids is 1. The zero-order chi connectivity index (χ0) is 17.0. The fraction of sp³-hybridized carbons (Fsp3) is 0.353. The van der Waals surface area contributed by atoms with Crippen molar-refractivity contribution in [1.82, 2.24) is 9.71 Å². The topological polar surface area (TPSA) is 82.3 Å². The molecule has 1 aliphatic rings. The predicted molar refractivity (Wildman–Crippen MR) is 92.3 cm³/mol. The number of aromatic nitrogens is 1. The average molecular weight is 347 g/mol. The fourth-order valence-electron chi connectivity index (χ4n) is 2.81. The van der Waals surface area contributed by atoms with E-state index in [-0.39, 0.29) is 10.8 Å². The van der Waals surface area contributed by atoms with E-state index < -0.39 is 10.0 Å². The highest BCUT2D eigenvalue weighted by Gasteiger charge is 2.20. The lowest BCUT2D eigenvalue weighted by atomic mass is 10.1. The highest BCUT2D eigenvalue weighted by Crippen LogP contribution is 2.22. The van der Waals surface area contributed by atoms with Gasteiger partial charge >= 0.3 is 0 Å². The van der Waals surface area contributed by atoms with E-state index in [4.69, 9.17) is 0 Å². The summed E-state index contributed by atoms with van der Waals surface area (Å²) in [5, 5.41) is 0. The Morgan fingerprint density at radius 2 is 1.92 bits per heavy atom. The molecule has 1 aromatic carbocycles. The highest BCUT2D eigenvalue weighted by molar-refractivity contribution is 7.89. The number of hydrogen-bond donors (Lipinski definition) is 2. The molecule has 24 heavy (non-hydrogen) atoms. The summed E-state index contributed by atoms with van der Waals surface area (Å²) in [6.45, 7) is 1.03. The molecule has 128 valence electrons. The number of nitrogens with one attached hydrogen (secondary N) is 2. The van der Waals surface area contributed by atoms with Crippen LogP contribution in [0.25, 0.3) is 0 Å². The summed E-state index contributed by atoms with van der Waals surface area (Å²) < 4.78 is 27.2. The number of anilines is 1. The first kappa shape index (κ1) is 16.7. The van der Waals surface area contributed by atoms with E-state index in [0.717, 1.165) is 24.1 Å². The summed E-state index contributed by atoms with van der Waals surface area (Å²) in [6, 6.07) is 8.41. The first-order chi connectivity index (χ1) is 11.6. The minimum absolute atomic E-state index is 0.0986. The van der Waals surface area contributed by atoms with Gasteiger partial charge in [-0.25, -0.2) is 13.1 Å². The Hall–Kier alpha value is -2.12. The highest BCUT2D eigenvalue weighted by atomic mass is 32.2. The van der Waals surface area contributed by atoms with Gasteiger partial charge in [-0.05, 0) is 55.2 Å². The van der Waals surface area contributed by atoms with Gasteiger partial charge in [0.2, 0.25) is 15.9 Å². The van der Waals surface area contributed by atoms with Crippen LogP contribution in [0.5, 0.6) is 0 Å². The molecule has 1 saturated heterocycles. The second kappa shape index (κ2) is 7.19. The van der Waals surface area contributed by atoms with Crippen LogP contribution in [0.2, 0.25) is 0 Å². The van der Waals surface area contributed by atoms with E-state index in [1.165, 1.54) is 0 Å². The monoisotopic (exact) mass is 347 g/mol.